The Hall–Kier alpha value is -1.49. The third kappa shape index (κ3) is 4.11. The quantitative estimate of drug-likeness (QED) is 0.826. The van der Waals surface area contributed by atoms with Crippen LogP contribution in [0.5, 0.6) is 0 Å². The first-order valence-corrected chi connectivity index (χ1v) is 5.39. The predicted molar refractivity (Wildman–Crippen MR) is 61.1 cm³/mol. The van der Waals surface area contributed by atoms with E-state index in [2.05, 4.69) is 5.32 Å². The molecule has 0 fully saturated rings. The number of rotatable bonds is 5. The van der Waals surface area contributed by atoms with Gasteiger partial charge in [0, 0.05) is 6.07 Å². The monoisotopic (exact) mass is 242 g/mol. The van der Waals surface area contributed by atoms with E-state index in [0.29, 0.717) is 12.5 Å². The molecule has 0 radical (unpaired) electrons. The molecule has 0 bridgehead atoms. The second-order valence-corrected chi connectivity index (χ2v) is 4.34. The number of nitrogens with one attached hydrogen (secondary N) is 1. The first-order chi connectivity index (χ1) is 7.90. The number of nitrogens with two attached hydrogens (primary N) is 1. The van der Waals surface area contributed by atoms with Crippen LogP contribution in [0.15, 0.2) is 18.2 Å². The van der Waals surface area contributed by atoms with Gasteiger partial charge in [0.1, 0.15) is 17.7 Å². The van der Waals surface area contributed by atoms with Crippen LogP contribution >= 0.6 is 0 Å². The van der Waals surface area contributed by atoms with Crippen LogP contribution in [0.3, 0.4) is 0 Å². The van der Waals surface area contributed by atoms with Crippen molar-refractivity contribution in [2.45, 2.75) is 19.9 Å². The van der Waals surface area contributed by atoms with E-state index >= 15 is 0 Å². The third-order valence-electron chi connectivity index (χ3n) is 2.23. The molecule has 0 saturated heterocycles. The normalized spacial score (nSPS) is 12.8. The van der Waals surface area contributed by atoms with Crippen molar-refractivity contribution in [2.24, 2.45) is 11.7 Å². The minimum Gasteiger partial charge on any atom is -0.368 e. The van der Waals surface area contributed by atoms with E-state index in [4.69, 9.17) is 5.73 Å². The zero-order chi connectivity index (χ0) is 13.0. The summed E-state index contributed by atoms with van der Waals surface area (Å²) >= 11 is 0. The van der Waals surface area contributed by atoms with E-state index in [1.54, 1.807) is 0 Å². The molecule has 3 nitrogen and oxygen atoms in total. The van der Waals surface area contributed by atoms with Crippen molar-refractivity contribution in [3.05, 3.63) is 35.4 Å². The molecule has 1 aromatic carbocycles. The summed E-state index contributed by atoms with van der Waals surface area (Å²) in [5.41, 5.74) is 5.41. The van der Waals surface area contributed by atoms with Crippen molar-refractivity contribution >= 4 is 5.91 Å². The molecule has 1 unspecified atom stereocenters. The SMILES string of the molecule is CC(C)CNC(C(N)=O)c1cc(F)cc(F)c1. The van der Waals surface area contributed by atoms with Gasteiger partial charge in [-0.1, -0.05) is 13.8 Å². The van der Waals surface area contributed by atoms with Gasteiger partial charge in [0.15, 0.2) is 0 Å². The van der Waals surface area contributed by atoms with Gasteiger partial charge in [0.05, 0.1) is 0 Å². The van der Waals surface area contributed by atoms with Crippen molar-refractivity contribution in [3.63, 3.8) is 0 Å². The molecule has 1 atom stereocenters. The van der Waals surface area contributed by atoms with Gasteiger partial charge in [-0.15, -0.1) is 0 Å². The molecule has 1 aromatic rings. The molecular formula is C12H16F2N2O. The summed E-state index contributed by atoms with van der Waals surface area (Å²) in [6.07, 6.45) is 0. The summed E-state index contributed by atoms with van der Waals surface area (Å²) in [7, 11) is 0. The van der Waals surface area contributed by atoms with E-state index in [1.165, 1.54) is 0 Å². The zero-order valence-electron chi connectivity index (χ0n) is 9.84. The molecule has 0 spiro atoms. The van der Waals surface area contributed by atoms with E-state index < -0.39 is 23.6 Å². The zero-order valence-corrected chi connectivity index (χ0v) is 9.84. The minimum atomic E-state index is -0.873. The average Bonchev–Trinajstić information content (AvgIpc) is 2.14. The van der Waals surface area contributed by atoms with E-state index in [0.717, 1.165) is 18.2 Å². The number of halogens is 2. The highest BCUT2D eigenvalue weighted by molar-refractivity contribution is 5.81. The topological polar surface area (TPSA) is 55.1 Å². The lowest BCUT2D eigenvalue weighted by molar-refractivity contribution is -0.120. The third-order valence-corrected chi connectivity index (χ3v) is 2.23. The smallest absolute Gasteiger partial charge is 0.239 e. The lowest BCUT2D eigenvalue weighted by Gasteiger charge is -2.17. The van der Waals surface area contributed by atoms with Gasteiger partial charge in [-0.25, -0.2) is 8.78 Å². The van der Waals surface area contributed by atoms with E-state index in [1.807, 2.05) is 13.8 Å². The summed E-state index contributed by atoms with van der Waals surface area (Å²) in [6, 6.07) is 2.09. The maximum absolute atomic E-state index is 13.0. The molecule has 0 aliphatic carbocycles. The number of benzene rings is 1. The lowest BCUT2D eigenvalue weighted by Crippen LogP contribution is -2.35. The van der Waals surface area contributed by atoms with Gasteiger partial charge in [-0.3, -0.25) is 4.79 Å². The van der Waals surface area contributed by atoms with Crippen molar-refractivity contribution in [3.8, 4) is 0 Å². The van der Waals surface area contributed by atoms with Crippen LogP contribution in [0, 0.1) is 17.6 Å². The average molecular weight is 242 g/mol. The fourth-order valence-corrected chi connectivity index (χ4v) is 1.48. The van der Waals surface area contributed by atoms with Crippen molar-refractivity contribution in [1.82, 2.24) is 5.32 Å². The Bertz CT molecular complexity index is 387. The summed E-state index contributed by atoms with van der Waals surface area (Å²) < 4.78 is 26.1. The fourth-order valence-electron chi connectivity index (χ4n) is 1.48. The molecule has 3 N–H and O–H groups in total. The second-order valence-electron chi connectivity index (χ2n) is 4.34. The largest absolute Gasteiger partial charge is 0.368 e. The predicted octanol–water partition coefficient (Wildman–Crippen LogP) is 1.74. The fraction of sp³-hybridized carbons (Fsp3) is 0.417. The van der Waals surface area contributed by atoms with Crippen LogP contribution < -0.4 is 11.1 Å². The number of carbonyl (C=O) groups excluding carboxylic acids is 1. The summed E-state index contributed by atoms with van der Waals surface area (Å²) in [6.45, 7) is 4.44. The molecule has 0 saturated carbocycles. The molecule has 1 rings (SSSR count). The molecule has 5 heteroatoms. The van der Waals surface area contributed by atoms with Crippen LogP contribution in [0.25, 0.3) is 0 Å². The maximum Gasteiger partial charge on any atom is 0.239 e. The van der Waals surface area contributed by atoms with Crippen LogP contribution in [-0.4, -0.2) is 12.5 Å². The first-order valence-electron chi connectivity index (χ1n) is 5.39. The Morgan fingerprint density at radius 1 is 1.29 bits per heavy atom. The van der Waals surface area contributed by atoms with Gasteiger partial charge < -0.3 is 11.1 Å². The lowest BCUT2D eigenvalue weighted by atomic mass is 10.1. The van der Waals surface area contributed by atoms with Gasteiger partial charge in [0.2, 0.25) is 5.91 Å². The van der Waals surface area contributed by atoms with Crippen LogP contribution in [0.1, 0.15) is 25.5 Å². The Morgan fingerprint density at radius 3 is 2.24 bits per heavy atom. The van der Waals surface area contributed by atoms with Gasteiger partial charge in [0.25, 0.3) is 0 Å². The highest BCUT2D eigenvalue weighted by Gasteiger charge is 2.19. The molecule has 94 valence electrons. The summed E-state index contributed by atoms with van der Waals surface area (Å²) in [4.78, 5) is 11.2. The van der Waals surface area contributed by atoms with Crippen LogP contribution in [-0.2, 0) is 4.79 Å². The van der Waals surface area contributed by atoms with Gasteiger partial charge >= 0.3 is 0 Å². The highest BCUT2D eigenvalue weighted by Crippen LogP contribution is 2.16. The number of hydrogen-bond acceptors (Lipinski definition) is 2. The second kappa shape index (κ2) is 5.72. The van der Waals surface area contributed by atoms with E-state index in [-0.39, 0.29) is 5.56 Å². The van der Waals surface area contributed by atoms with Crippen molar-refractivity contribution in [2.75, 3.05) is 6.54 Å². The van der Waals surface area contributed by atoms with Gasteiger partial charge in [-0.2, -0.15) is 0 Å². The Morgan fingerprint density at radius 2 is 1.82 bits per heavy atom. The number of primary amides is 1. The first kappa shape index (κ1) is 13.6. The molecule has 0 aromatic heterocycles. The van der Waals surface area contributed by atoms with E-state index in [9.17, 15) is 13.6 Å². The molecule has 0 heterocycles. The van der Waals surface area contributed by atoms with Gasteiger partial charge in [-0.05, 0) is 30.2 Å². The molecule has 0 aliphatic heterocycles. The van der Waals surface area contributed by atoms with Crippen LogP contribution in [0.4, 0.5) is 8.78 Å². The van der Waals surface area contributed by atoms with Crippen molar-refractivity contribution in [1.29, 1.82) is 0 Å². The number of amides is 1. The minimum absolute atomic E-state index is 0.204. The molecule has 17 heavy (non-hydrogen) atoms. The summed E-state index contributed by atoms with van der Waals surface area (Å²) in [5.74, 6) is -1.80. The molecular weight excluding hydrogens is 226 g/mol. The Kier molecular flexibility index (Phi) is 4.57. The number of hydrogen-bond donors (Lipinski definition) is 2. The van der Waals surface area contributed by atoms with Crippen LogP contribution in [0.2, 0.25) is 0 Å². The summed E-state index contributed by atoms with van der Waals surface area (Å²) in [5, 5.41) is 2.88. The van der Waals surface area contributed by atoms with Crippen molar-refractivity contribution < 1.29 is 13.6 Å². The molecule has 0 aliphatic rings. The highest BCUT2D eigenvalue weighted by atomic mass is 19.1. The Balaban J connectivity index is 2.93. The maximum atomic E-state index is 13.0. The molecule has 1 amide bonds. The Labute approximate surface area is 99.0 Å². The number of carbonyl (C=O) groups is 1. The standard InChI is InChI=1S/C12H16F2N2O/c1-7(2)6-16-11(12(15)17)8-3-9(13)5-10(14)4-8/h3-5,7,11,16H,6H2,1-2H3,(H2,15,17).